The van der Waals surface area contributed by atoms with E-state index in [4.69, 9.17) is 5.11 Å². The fourth-order valence-corrected chi connectivity index (χ4v) is 2.39. The van der Waals surface area contributed by atoms with E-state index in [2.05, 4.69) is 5.32 Å². The van der Waals surface area contributed by atoms with Gasteiger partial charge in [-0.05, 0) is 25.2 Å². The minimum Gasteiger partial charge on any atom is -0.394 e. The first kappa shape index (κ1) is 13.5. The molecule has 1 atom stereocenters. The maximum atomic E-state index is 11.7. The van der Waals surface area contributed by atoms with Gasteiger partial charge in [-0.25, -0.2) is 0 Å². The molecule has 1 fully saturated rings. The normalized spacial score (nSPS) is 20.1. The largest absolute Gasteiger partial charge is 0.394 e. The van der Waals surface area contributed by atoms with Crippen LogP contribution >= 0.6 is 0 Å². The Morgan fingerprint density at radius 2 is 1.94 bits per heavy atom. The number of nitrogens with one attached hydrogen (secondary N) is 1. The van der Waals surface area contributed by atoms with Crippen LogP contribution in [0.2, 0.25) is 0 Å². The Hall–Kier alpha value is -0.570. The van der Waals surface area contributed by atoms with Crippen molar-refractivity contribution in [2.75, 3.05) is 6.61 Å². The van der Waals surface area contributed by atoms with Crippen molar-refractivity contribution in [3.8, 4) is 0 Å². The van der Waals surface area contributed by atoms with Crippen LogP contribution in [0.15, 0.2) is 0 Å². The molecule has 0 heterocycles. The Labute approximate surface area is 98.6 Å². The summed E-state index contributed by atoms with van der Waals surface area (Å²) in [6.45, 7) is 2.03. The zero-order valence-electron chi connectivity index (χ0n) is 10.4. The molecule has 1 aliphatic carbocycles. The molecule has 1 aliphatic rings. The van der Waals surface area contributed by atoms with E-state index in [0.29, 0.717) is 12.3 Å². The van der Waals surface area contributed by atoms with E-state index in [0.717, 1.165) is 6.42 Å². The Balaban J connectivity index is 2.26. The predicted molar refractivity (Wildman–Crippen MR) is 65.1 cm³/mol. The van der Waals surface area contributed by atoms with Gasteiger partial charge in [-0.15, -0.1) is 0 Å². The third-order valence-corrected chi connectivity index (χ3v) is 3.53. The lowest BCUT2D eigenvalue weighted by Gasteiger charge is -2.17. The van der Waals surface area contributed by atoms with Crippen LogP contribution in [-0.2, 0) is 4.79 Å². The fraction of sp³-hybridized carbons (Fsp3) is 0.923. The van der Waals surface area contributed by atoms with Crippen molar-refractivity contribution in [1.29, 1.82) is 0 Å². The van der Waals surface area contributed by atoms with Gasteiger partial charge in [0.2, 0.25) is 5.91 Å². The summed E-state index contributed by atoms with van der Waals surface area (Å²) in [6.07, 6.45) is 9.04. The van der Waals surface area contributed by atoms with Gasteiger partial charge in [-0.2, -0.15) is 0 Å². The molecule has 0 unspecified atom stereocenters. The van der Waals surface area contributed by atoms with E-state index in [1.807, 2.05) is 6.92 Å². The van der Waals surface area contributed by atoms with Crippen LogP contribution in [0, 0.1) is 5.92 Å². The molecule has 0 radical (unpaired) electrons. The molecule has 0 spiro atoms. The standard InChI is InChI=1S/C13H25NO2/c1-2-12(10-15)14-13(16)9-11-7-5-3-4-6-8-11/h11-12,15H,2-10H2,1H3,(H,14,16)/t12-/m1/s1. The summed E-state index contributed by atoms with van der Waals surface area (Å²) in [5.74, 6) is 0.687. The molecule has 0 saturated heterocycles. The van der Waals surface area contributed by atoms with Gasteiger partial charge < -0.3 is 10.4 Å². The van der Waals surface area contributed by atoms with Crippen molar-refractivity contribution in [2.24, 2.45) is 5.92 Å². The molecule has 16 heavy (non-hydrogen) atoms. The van der Waals surface area contributed by atoms with Gasteiger partial charge in [0.25, 0.3) is 0 Å². The summed E-state index contributed by atoms with van der Waals surface area (Å²) < 4.78 is 0. The van der Waals surface area contributed by atoms with Crippen LogP contribution in [0.5, 0.6) is 0 Å². The van der Waals surface area contributed by atoms with E-state index in [1.165, 1.54) is 38.5 Å². The van der Waals surface area contributed by atoms with E-state index < -0.39 is 0 Å². The highest BCUT2D eigenvalue weighted by molar-refractivity contribution is 5.76. The number of aliphatic hydroxyl groups excluding tert-OH is 1. The molecular weight excluding hydrogens is 202 g/mol. The quantitative estimate of drug-likeness (QED) is 0.708. The topological polar surface area (TPSA) is 49.3 Å². The molecule has 2 N–H and O–H groups in total. The first-order chi connectivity index (χ1) is 7.76. The zero-order valence-corrected chi connectivity index (χ0v) is 10.4. The average Bonchev–Trinajstić information content (AvgIpc) is 2.54. The van der Waals surface area contributed by atoms with Gasteiger partial charge >= 0.3 is 0 Å². The molecule has 3 heteroatoms. The fourth-order valence-electron chi connectivity index (χ4n) is 2.39. The number of rotatable bonds is 5. The predicted octanol–water partition coefficient (Wildman–Crippen LogP) is 2.23. The molecule has 0 aromatic rings. The van der Waals surface area contributed by atoms with Crippen LogP contribution in [-0.4, -0.2) is 23.7 Å². The number of aliphatic hydroxyl groups is 1. The van der Waals surface area contributed by atoms with Gasteiger partial charge in [-0.1, -0.05) is 32.6 Å². The summed E-state index contributed by atoms with van der Waals surface area (Å²) in [5, 5.41) is 11.9. The molecule has 0 bridgehead atoms. The van der Waals surface area contributed by atoms with Gasteiger partial charge in [0.1, 0.15) is 0 Å². The summed E-state index contributed by atoms with van der Waals surface area (Å²) in [5.41, 5.74) is 0. The van der Waals surface area contributed by atoms with Crippen LogP contribution in [0.3, 0.4) is 0 Å². The molecule has 0 aliphatic heterocycles. The lowest BCUT2D eigenvalue weighted by Crippen LogP contribution is -2.37. The Kier molecular flexibility index (Phi) is 6.46. The SMILES string of the molecule is CC[C@H](CO)NC(=O)CC1CCCCCC1. The van der Waals surface area contributed by atoms with E-state index >= 15 is 0 Å². The summed E-state index contributed by atoms with van der Waals surface area (Å²) in [4.78, 5) is 11.7. The second-order valence-corrected chi connectivity index (χ2v) is 4.92. The molecule has 0 aromatic heterocycles. The van der Waals surface area contributed by atoms with Crippen molar-refractivity contribution in [2.45, 2.75) is 64.3 Å². The molecule has 1 saturated carbocycles. The van der Waals surface area contributed by atoms with Gasteiger partial charge in [-0.3, -0.25) is 4.79 Å². The van der Waals surface area contributed by atoms with Crippen molar-refractivity contribution in [3.63, 3.8) is 0 Å². The Morgan fingerprint density at radius 3 is 2.44 bits per heavy atom. The zero-order chi connectivity index (χ0) is 11.8. The second-order valence-electron chi connectivity index (χ2n) is 4.92. The number of hydrogen-bond donors (Lipinski definition) is 2. The first-order valence-corrected chi connectivity index (χ1v) is 6.66. The smallest absolute Gasteiger partial charge is 0.220 e. The van der Waals surface area contributed by atoms with Crippen LogP contribution in [0.4, 0.5) is 0 Å². The van der Waals surface area contributed by atoms with Gasteiger partial charge in [0, 0.05) is 6.42 Å². The summed E-state index contributed by atoms with van der Waals surface area (Å²) in [6, 6.07) is -0.0571. The molecule has 3 nitrogen and oxygen atoms in total. The molecule has 1 rings (SSSR count). The number of carbonyl (C=O) groups excluding carboxylic acids is 1. The van der Waals surface area contributed by atoms with Crippen LogP contribution < -0.4 is 5.32 Å². The van der Waals surface area contributed by atoms with Gasteiger partial charge in [0.15, 0.2) is 0 Å². The molecule has 0 aromatic carbocycles. The minimum atomic E-state index is -0.0571. The highest BCUT2D eigenvalue weighted by Crippen LogP contribution is 2.25. The van der Waals surface area contributed by atoms with Crippen molar-refractivity contribution < 1.29 is 9.90 Å². The lowest BCUT2D eigenvalue weighted by molar-refractivity contribution is -0.123. The highest BCUT2D eigenvalue weighted by Gasteiger charge is 2.17. The maximum Gasteiger partial charge on any atom is 0.220 e. The second kappa shape index (κ2) is 7.66. The minimum absolute atomic E-state index is 0.0485. The molecular formula is C13H25NO2. The molecule has 1 amide bonds. The van der Waals surface area contributed by atoms with Gasteiger partial charge in [0.05, 0.1) is 12.6 Å². The summed E-state index contributed by atoms with van der Waals surface area (Å²) in [7, 11) is 0. The monoisotopic (exact) mass is 227 g/mol. The number of hydrogen-bond acceptors (Lipinski definition) is 2. The summed E-state index contributed by atoms with van der Waals surface area (Å²) >= 11 is 0. The highest BCUT2D eigenvalue weighted by atomic mass is 16.3. The van der Waals surface area contributed by atoms with E-state index in [1.54, 1.807) is 0 Å². The van der Waals surface area contributed by atoms with Crippen LogP contribution in [0.1, 0.15) is 58.3 Å². The number of carbonyl (C=O) groups is 1. The third-order valence-electron chi connectivity index (χ3n) is 3.53. The first-order valence-electron chi connectivity index (χ1n) is 6.66. The van der Waals surface area contributed by atoms with E-state index in [9.17, 15) is 4.79 Å². The van der Waals surface area contributed by atoms with Crippen molar-refractivity contribution in [3.05, 3.63) is 0 Å². The lowest BCUT2D eigenvalue weighted by atomic mass is 9.96. The third kappa shape index (κ3) is 4.97. The Morgan fingerprint density at radius 1 is 1.31 bits per heavy atom. The van der Waals surface area contributed by atoms with Crippen molar-refractivity contribution in [1.82, 2.24) is 5.32 Å². The number of amides is 1. The molecule has 94 valence electrons. The Bertz CT molecular complexity index is 194. The maximum absolute atomic E-state index is 11.7. The van der Waals surface area contributed by atoms with Crippen molar-refractivity contribution >= 4 is 5.91 Å². The van der Waals surface area contributed by atoms with E-state index in [-0.39, 0.29) is 18.6 Å². The van der Waals surface area contributed by atoms with Crippen LogP contribution in [0.25, 0.3) is 0 Å². The average molecular weight is 227 g/mol.